The fourth-order valence-electron chi connectivity index (χ4n) is 3.17. The zero-order chi connectivity index (χ0) is 20.3. The van der Waals surface area contributed by atoms with E-state index in [4.69, 9.17) is 0 Å². The highest BCUT2D eigenvalue weighted by Crippen LogP contribution is 2.31. The van der Waals surface area contributed by atoms with Crippen LogP contribution in [0.5, 0.6) is 0 Å². The summed E-state index contributed by atoms with van der Waals surface area (Å²) in [4.78, 5) is 26.5. The van der Waals surface area contributed by atoms with Crippen LogP contribution in [-0.2, 0) is 11.0 Å². The number of piperidine rings is 1. The van der Waals surface area contributed by atoms with Crippen LogP contribution in [0.15, 0.2) is 48.5 Å². The van der Waals surface area contributed by atoms with E-state index in [9.17, 15) is 27.2 Å². The number of halogens is 4. The summed E-state index contributed by atoms with van der Waals surface area (Å²) in [6.07, 6.45) is -3.38. The van der Waals surface area contributed by atoms with Gasteiger partial charge >= 0.3 is 6.18 Å². The Labute approximate surface area is 159 Å². The number of hydrogen-bond donors (Lipinski definition) is 1. The molecule has 0 aliphatic carbocycles. The second kappa shape index (κ2) is 8.00. The number of likely N-dealkylation sites (tertiary alicyclic amines) is 1. The molecule has 0 saturated carbocycles. The highest BCUT2D eigenvalue weighted by molar-refractivity contribution is 5.96. The third kappa shape index (κ3) is 4.68. The van der Waals surface area contributed by atoms with Crippen molar-refractivity contribution in [2.24, 2.45) is 5.92 Å². The SMILES string of the molecule is O=C(Nc1cccc(C(F)(F)F)c1)[C@@H]1CCCN(C(=O)c2ccc(F)cc2)C1. The van der Waals surface area contributed by atoms with E-state index in [-0.39, 0.29) is 18.1 Å². The van der Waals surface area contributed by atoms with Gasteiger partial charge in [-0.15, -0.1) is 0 Å². The maximum atomic E-state index is 13.0. The molecule has 2 aromatic carbocycles. The predicted molar refractivity (Wildman–Crippen MR) is 95.1 cm³/mol. The minimum absolute atomic E-state index is 0.0572. The number of nitrogens with zero attached hydrogens (tertiary/aromatic N) is 1. The van der Waals surface area contributed by atoms with Crippen LogP contribution in [0.3, 0.4) is 0 Å². The average Bonchev–Trinajstić information content (AvgIpc) is 2.67. The Morgan fingerprint density at radius 2 is 1.79 bits per heavy atom. The predicted octanol–water partition coefficient (Wildman–Crippen LogP) is 4.34. The lowest BCUT2D eigenvalue weighted by Crippen LogP contribution is -2.43. The molecule has 4 nitrogen and oxygen atoms in total. The minimum Gasteiger partial charge on any atom is -0.338 e. The topological polar surface area (TPSA) is 49.4 Å². The molecule has 0 bridgehead atoms. The molecule has 2 aromatic rings. The number of carbonyl (C=O) groups is 2. The summed E-state index contributed by atoms with van der Waals surface area (Å²) in [5, 5.41) is 2.50. The molecular formula is C20H18F4N2O2. The number of hydrogen-bond acceptors (Lipinski definition) is 2. The molecule has 1 aliphatic rings. The molecule has 0 spiro atoms. The normalized spacial score (nSPS) is 17.3. The van der Waals surface area contributed by atoms with E-state index in [0.717, 1.165) is 12.1 Å². The van der Waals surface area contributed by atoms with Crippen molar-refractivity contribution < 1.29 is 27.2 Å². The van der Waals surface area contributed by atoms with Gasteiger partial charge in [0.25, 0.3) is 5.91 Å². The van der Waals surface area contributed by atoms with E-state index in [1.807, 2.05) is 0 Å². The maximum absolute atomic E-state index is 13.0. The third-order valence-electron chi connectivity index (χ3n) is 4.63. The van der Waals surface area contributed by atoms with Crippen LogP contribution >= 0.6 is 0 Å². The number of amides is 2. The Hall–Kier alpha value is -2.90. The molecule has 1 N–H and O–H groups in total. The zero-order valence-electron chi connectivity index (χ0n) is 14.8. The highest BCUT2D eigenvalue weighted by atomic mass is 19.4. The molecular weight excluding hydrogens is 376 g/mol. The molecule has 0 aromatic heterocycles. The summed E-state index contributed by atoms with van der Waals surface area (Å²) in [5.74, 6) is -1.73. The van der Waals surface area contributed by atoms with Gasteiger partial charge in [0.2, 0.25) is 5.91 Å². The van der Waals surface area contributed by atoms with E-state index in [1.54, 1.807) is 0 Å². The van der Waals surface area contributed by atoms with Gasteiger partial charge in [0.15, 0.2) is 0 Å². The first-order chi connectivity index (χ1) is 13.2. The van der Waals surface area contributed by atoms with Crippen LogP contribution in [0.25, 0.3) is 0 Å². The maximum Gasteiger partial charge on any atom is 0.416 e. The molecule has 2 amide bonds. The summed E-state index contributed by atoms with van der Waals surface area (Å²) >= 11 is 0. The summed E-state index contributed by atoms with van der Waals surface area (Å²) in [6, 6.07) is 9.56. The lowest BCUT2D eigenvalue weighted by atomic mass is 9.96. The fourth-order valence-corrected chi connectivity index (χ4v) is 3.17. The van der Waals surface area contributed by atoms with E-state index in [1.165, 1.54) is 41.3 Å². The van der Waals surface area contributed by atoms with Crippen LogP contribution in [0.1, 0.15) is 28.8 Å². The molecule has 1 atom stereocenters. The van der Waals surface area contributed by atoms with Crippen molar-refractivity contribution in [3.8, 4) is 0 Å². The zero-order valence-corrected chi connectivity index (χ0v) is 14.8. The summed E-state index contributed by atoms with van der Waals surface area (Å²) in [6.45, 7) is 0.616. The average molecular weight is 394 g/mol. The first-order valence-electron chi connectivity index (χ1n) is 8.77. The molecule has 3 rings (SSSR count). The van der Waals surface area contributed by atoms with Gasteiger partial charge in [-0.05, 0) is 55.3 Å². The molecule has 1 aliphatic heterocycles. The number of anilines is 1. The second-order valence-corrected chi connectivity index (χ2v) is 6.67. The van der Waals surface area contributed by atoms with Crippen molar-refractivity contribution in [3.05, 3.63) is 65.5 Å². The van der Waals surface area contributed by atoms with Crippen molar-refractivity contribution in [2.75, 3.05) is 18.4 Å². The summed E-state index contributed by atoms with van der Waals surface area (Å²) in [7, 11) is 0. The van der Waals surface area contributed by atoms with Gasteiger partial charge in [-0.2, -0.15) is 13.2 Å². The molecule has 1 fully saturated rings. The smallest absolute Gasteiger partial charge is 0.338 e. The van der Waals surface area contributed by atoms with Crippen molar-refractivity contribution in [2.45, 2.75) is 19.0 Å². The minimum atomic E-state index is -4.50. The summed E-state index contributed by atoms with van der Waals surface area (Å²) < 4.78 is 51.4. The number of benzene rings is 2. The standard InChI is InChI=1S/C20H18F4N2O2/c21-16-8-6-13(7-9-16)19(28)26-10-2-3-14(12-26)18(27)25-17-5-1-4-15(11-17)20(22,23)24/h1,4-9,11,14H,2-3,10,12H2,(H,25,27)/t14-/m1/s1. The van der Waals surface area contributed by atoms with Crippen LogP contribution in [0.2, 0.25) is 0 Å². The molecule has 8 heteroatoms. The molecule has 1 heterocycles. The molecule has 0 radical (unpaired) electrons. The Morgan fingerprint density at radius 1 is 1.07 bits per heavy atom. The van der Waals surface area contributed by atoms with Crippen molar-refractivity contribution in [1.82, 2.24) is 4.90 Å². The second-order valence-electron chi connectivity index (χ2n) is 6.67. The quantitative estimate of drug-likeness (QED) is 0.788. The lowest BCUT2D eigenvalue weighted by Gasteiger charge is -2.32. The van der Waals surface area contributed by atoms with E-state index < -0.39 is 29.4 Å². The van der Waals surface area contributed by atoms with Crippen LogP contribution in [-0.4, -0.2) is 29.8 Å². The fraction of sp³-hybridized carbons (Fsp3) is 0.300. The van der Waals surface area contributed by atoms with E-state index in [2.05, 4.69) is 5.32 Å². The van der Waals surface area contributed by atoms with Crippen molar-refractivity contribution >= 4 is 17.5 Å². The van der Waals surface area contributed by atoms with Gasteiger partial charge in [0, 0.05) is 24.3 Å². The Bertz CT molecular complexity index is 865. The van der Waals surface area contributed by atoms with Crippen molar-refractivity contribution in [3.63, 3.8) is 0 Å². The van der Waals surface area contributed by atoms with Gasteiger partial charge in [0.05, 0.1) is 11.5 Å². The largest absolute Gasteiger partial charge is 0.416 e. The molecule has 0 unspecified atom stereocenters. The highest BCUT2D eigenvalue weighted by Gasteiger charge is 2.32. The number of nitrogens with one attached hydrogen (secondary N) is 1. The van der Waals surface area contributed by atoms with E-state index in [0.29, 0.717) is 24.9 Å². The van der Waals surface area contributed by atoms with Crippen LogP contribution < -0.4 is 5.32 Å². The Balaban J connectivity index is 1.66. The Morgan fingerprint density at radius 3 is 2.46 bits per heavy atom. The first-order valence-corrected chi connectivity index (χ1v) is 8.77. The monoisotopic (exact) mass is 394 g/mol. The van der Waals surface area contributed by atoms with Gasteiger partial charge in [-0.1, -0.05) is 6.07 Å². The van der Waals surface area contributed by atoms with E-state index >= 15 is 0 Å². The number of carbonyl (C=O) groups excluding carboxylic acids is 2. The number of alkyl halides is 3. The van der Waals surface area contributed by atoms with Crippen LogP contribution in [0.4, 0.5) is 23.2 Å². The van der Waals surface area contributed by atoms with Gasteiger partial charge < -0.3 is 10.2 Å². The van der Waals surface area contributed by atoms with Crippen molar-refractivity contribution in [1.29, 1.82) is 0 Å². The van der Waals surface area contributed by atoms with Crippen LogP contribution in [0, 0.1) is 11.7 Å². The van der Waals surface area contributed by atoms with Gasteiger partial charge in [-0.3, -0.25) is 9.59 Å². The third-order valence-corrected chi connectivity index (χ3v) is 4.63. The molecule has 28 heavy (non-hydrogen) atoms. The number of rotatable bonds is 3. The van der Waals surface area contributed by atoms with Gasteiger partial charge in [0.1, 0.15) is 5.82 Å². The summed E-state index contributed by atoms with van der Waals surface area (Å²) in [5.41, 5.74) is -0.468. The molecule has 1 saturated heterocycles. The first kappa shape index (κ1) is 19.9. The van der Waals surface area contributed by atoms with Gasteiger partial charge in [-0.25, -0.2) is 4.39 Å². The molecule has 148 valence electrons. The lowest BCUT2D eigenvalue weighted by molar-refractivity contribution is -0.137. The Kier molecular flexibility index (Phi) is 5.67.